The second kappa shape index (κ2) is 3.55. The summed E-state index contributed by atoms with van der Waals surface area (Å²) in [6.07, 6.45) is 1.88. The predicted octanol–water partition coefficient (Wildman–Crippen LogP) is 0.561. The molecular weight excluding hydrogens is 145 g/mol. The van der Waals surface area contributed by atoms with Crippen LogP contribution in [-0.4, -0.2) is 30.6 Å². The summed E-state index contributed by atoms with van der Waals surface area (Å²) >= 11 is 0. The van der Waals surface area contributed by atoms with Crippen molar-refractivity contribution in [2.24, 2.45) is 11.7 Å². The first-order valence-corrected chi connectivity index (χ1v) is 3.89. The highest BCUT2D eigenvalue weighted by molar-refractivity contribution is 5.74. The average Bonchev–Trinajstić information content (AvgIpc) is 2.05. The van der Waals surface area contributed by atoms with Crippen LogP contribution in [0.15, 0.2) is 0 Å². The number of piperidine rings is 1. The van der Waals surface area contributed by atoms with Gasteiger partial charge in [-0.25, -0.2) is 0 Å². The van der Waals surface area contributed by atoms with E-state index in [0.717, 1.165) is 19.4 Å². The molecule has 0 amide bonds. The molecule has 0 saturated carbocycles. The quantitative estimate of drug-likeness (QED) is 0.434. The normalized spacial score (nSPS) is 25.2. The Bertz CT molecular complexity index is 149. The lowest BCUT2D eigenvalue weighted by Gasteiger charge is -2.31. The molecule has 11 heavy (non-hydrogen) atoms. The minimum Gasteiger partial charge on any atom is -0.370 e. The van der Waals surface area contributed by atoms with Crippen LogP contribution >= 0.6 is 0 Å². The summed E-state index contributed by atoms with van der Waals surface area (Å²) in [6.45, 7) is 1.14. The van der Waals surface area contributed by atoms with Crippen molar-refractivity contribution in [1.82, 2.24) is 4.90 Å². The first kappa shape index (κ1) is 8.30. The third kappa shape index (κ3) is 2.06. The molecule has 4 heteroatoms. The maximum atomic E-state index is 12.2. The maximum absolute atomic E-state index is 12.2. The number of hydrogen-bond donors (Lipinski definition) is 2. The van der Waals surface area contributed by atoms with Crippen molar-refractivity contribution in [2.75, 3.05) is 19.8 Å². The molecule has 1 rings (SSSR count). The Labute approximate surface area is 65.9 Å². The molecule has 1 aliphatic rings. The molecule has 3 N–H and O–H groups in total. The SMILES string of the molecule is N=C(N)N1CCC[C@H](CF)C1. The molecule has 0 radical (unpaired) electrons. The van der Waals surface area contributed by atoms with Crippen molar-refractivity contribution in [1.29, 1.82) is 5.41 Å². The van der Waals surface area contributed by atoms with Crippen molar-refractivity contribution >= 4 is 5.96 Å². The molecule has 64 valence electrons. The molecule has 0 spiro atoms. The molecule has 1 saturated heterocycles. The highest BCUT2D eigenvalue weighted by Gasteiger charge is 2.19. The highest BCUT2D eigenvalue weighted by Crippen LogP contribution is 2.15. The Morgan fingerprint density at radius 1 is 1.73 bits per heavy atom. The van der Waals surface area contributed by atoms with Crippen LogP contribution in [0.1, 0.15) is 12.8 Å². The van der Waals surface area contributed by atoms with Gasteiger partial charge in [0, 0.05) is 19.0 Å². The van der Waals surface area contributed by atoms with Crippen molar-refractivity contribution in [3.05, 3.63) is 0 Å². The zero-order valence-corrected chi connectivity index (χ0v) is 6.52. The number of likely N-dealkylation sites (tertiary alicyclic amines) is 1. The van der Waals surface area contributed by atoms with E-state index >= 15 is 0 Å². The van der Waals surface area contributed by atoms with Gasteiger partial charge in [0.05, 0.1) is 6.67 Å². The zero-order chi connectivity index (χ0) is 8.27. The molecule has 0 aromatic rings. The van der Waals surface area contributed by atoms with E-state index in [1.54, 1.807) is 4.90 Å². The molecular formula is C7H14FN3. The van der Waals surface area contributed by atoms with Gasteiger partial charge in [-0.2, -0.15) is 0 Å². The molecule has 1 fully saturated rings. The van der Waals surface area contributed by atoms with Gasteiger partial charge in [-0.15, -0.1) is 0 Å². The topological polar surface area (TPSA) is 53.1 Å². The molecule has 0 aromatic heterocycles. The van der Waals surface area contributed by atoms with Crippen LogP contribution < -0.4 is 5.73 Å². The third-order valence-corrected chi connectivity index (χ3v) is 2.08. The van der Waals surface area contributed by atoms with E-state index in [9.17, 15) is 4.39 Å². The number of rotatable bonds is 1. The van der Waals surface area contributed by atoms with Gasteiger partial charge in [-0.3, -0.25) is 9.80 Å². The lowest BCUT2D eigenvalue weighted by Crippen LogP contribution is -2.43. The summed E-state index contributed by atoms with van der Waals surface area (Å²) in [5.41, 5.74) is 5.27. The van der Waals surface area contributed by atoms with E-state index in [2.05, 4.69) is 0 Å². The van der Waals surface area contributed by atoms with Crippen LogP contribution in [0.3, 0.4) is 0 Å². The number of guanidine groups is 1. The number of nitrogens with zero attached hydrogens (tertiary/aromatic N) is 1. The zero-order valence-electron chi connectivity index (χ0n) is 6.52. The number of hydrogen-bond acceptors (Lipinski definition) is 1. The first-order chi connectivity index (χ1) is 5.24. The first-order valence-electron chi connectivity index (χ1n) is 3.89. The van der Waals surface area contributed by atoms with E-state index in [-0.39, 0.29) is 18.6 Å². The van der Waals surface area contributed by atoms with E-state index < -0.39 is 0 Å². The molecule has 0 unspecified atom stereocenters. The summed E-state index contributed by atoms with van der Waals surface area (Å²) in [7, 11) is 0. The molecule has 0 aliphatic carbocycles. The summed E-state index contributed by atoms with van der Waals surface area (Å²) < 4.78 is 12.2. The summed E-state index contributed by atoms with van der Waals surface area (Å²) in [5, 5.41) is 7.14. The van der Waals surface area contributed by atoms with Crippen LogP contribution in [0.2, 0.25) is 0 Å². The van der Waals surface area contributed by atoms with Gasteiger partial charge in [-0.05, 0) is 12.8 Å². The van der Waals surface area contributed by atoms with E-state index in [0.29, 0.717) is 6.54 Å². The van der Waals surface area contributed by atoms with Crippen molar-refractivity contribution in [3.8, 4) is 0 Å². The summed E-state index contributed by atoms with van der Waals surface area (Å²) in [4.78, 5) is 1.73. The predicted molar refractivity (Wildman–Crippen MR) is 42.2 cm³/mol. The Kier molecular flexibility index (Phi) is 2.68. The fraction of sp³-hybridized carbons (Fsp3) is 0.857. The second-order valence-electron chi connectivity index (χ2n) is 2.99. The van der Waals surface area contributed by atoms with Gasteiger partial charge in [0.15, 0.2) is 5.96 Å². The number of nitrogens with one attached hydrogen (secondary N) is 1. The monoisotopic (exact) mass is 159 g/mol. The smallest absolute Gasteiger partial charge is 0.188 e. The van der Waals surface area contributed by atoms with Gasteiger partial charge in [0.25, 0.3) is 0 Å². The van der Waals surface area contributed by atoms with Crippen molar-refractivity contribution in [2.45, 2.75) is 12.8 Å². The minimum atomic E-state index is -0.288. The lowest BCUT2D eigenvalue weighted by molar-refractivity contribution is 0.217. The van der Waals surface area contributed by atoms with Gasteiger partial charge < -0.3 is 10.6 Å². The average molecular weight is 159 g/mol. The molecule has 0 bridgehead atoms. The molecule has 1 heterocycles. The number of halogens is 1. The Hall–Kier alpha value is -0.800. The molecule has 0 aromatic carbocycles. The molecule has 1 aliphatic heterocycles. The largest absolute Gasteiger partial charge is 0.370 e. The van der Waals surface area contributed by atoms with Crippen LogP contribution in [-0.2, 0) is 0 Å². The van der Waals surface area contributed by atoms with Crippen LogP contribution in [0.5, 0.6) is 0 Å². The van der Waals surface area contributed by atoms with Crippen LogP contribution in [0.25, 0.3) is 0 Å². The van der Waals surface area contributed by atoms with Crippen molar-refractivity contribution < 1.29 is 4.39 Å². The van der Waals surface area contributed by atoms with Crippen LogP contribution in [0, 0.1) is 11.3 Å². The van der Waals surface area contributed by atoms with Gasteiger partial charge in [-0.1, -0.05) is 0 Å². The Balaban J connectivity index is 2.39. The van der Waals surface area contributed by atoms with Crippen LogP contribution in [0.4, 0.5) is 4.39 Å². The number of alkyl halides is 1. The highest BCUT2D eigenvalue weighted by atomic mass is 19.1. The number of nitrogens with two attached hydrogens (primary N) is 1. The fourth-order valence-electron chi connectivity index (χ4n) is 1.41. The van der Waals surface area contributed by atoms with Gasteiger partial charge in [0.2, 0.25) is 0 Å². The molecule has 1 atom stereocenters. The fourth-order valence-corrected chi connectivity index (χ4v) is 1.41. The van der Waals surface area contributed by atoms with Gasteiger partial charge in [0.1, 0.15) is 0 Å². The summed E-state index contributed by atoms with van der Waals surface area (Å²) in [5.74, 6) is 0.163. The minimum absolute atomic E-state index is 0.0724. The third-order valence-electron chi connectivity index (χ3n) is 2.08. The van der Waals surface area contributed by atoms with Gasteiger partial charge >= 0.3 is 0 Å². The summed E-state index contributed by atoms with van der Waals surface area (Å²) in [6, 6.07) is 0. The van der Waals surface area contributed by atoms with E-state index in [1.807, 2.05) is 0 Å². The van der Waals surface area contributed by atoms with E-state index in [4.69, 9.17) is 11.1 Å². The lowest BCUT2D eigenvalue weighted by atomic mass is 10.00. The van der Waals surface area contributed by atoms with Crippen molar-refractivity contribution in [3.63, 3.8) is 0 Å². The Morgan fingerprint density at radius 3 is 3.00 bits per heavy atom. The van der Waals surface area contributed by atoms with E-state index in [1.165, 1.54) is 0 Å². The Morgan fingerprint density at radius 2 is 2.45 bits per heavy atom. The maximum Gasteiger partial charge on any atom is 0.188 e. The second-order valence-corrected chi connectivity index (χ2v) is 2.99. The molecule has 3 nitrogen and oxygen atoms in total. The standard InChI is InChI=1S/C7H14FN3/c8-4-6-2-1-3-11(5-6)7(9)10/h6H,1-5H2,(H3,9,10)/t6-/m1/s1.